The van der Waals surface area contributed by atoms with Crippen molar-refractivity contribution in [3.05, 3.63) is 39.5 Å². The number of fused-ring (bicyclic) bond motifs is 2. The molecule has 9 heteroatoms. The number of hydrogen-bond donors (Lipinski definition) is 3. The molecule has 2 heterocycles. The third-order valence-electron chi connectivity index (χ3n) is 5.67. The second-order valence-electron chi connectivity index (χ2n) is 8.30. The third-order valence-corrected chi connectivity index (χ3v) is 8.29. The van der Waals surface area contributed by atoms with E-state index in [1.54, 1.807) is 19.9 Å². The summed E-state index contributed by atoms with van der Waals surface area (Å²) in [6.45, 7) is 5.58. The fraction of sp³-hybridized carbons (Fsp3) is 0.476. The first-order chi connectivity index (χ1) is 14.3. The molecule has 2 unspecified atom stereocenters. The Morgan fingerprint density at radius 1 is 1.40 bits per heavy atom. The molecule has 0 aliphatic heterocycles. The van der Waals surface area contributed by atoms with Gasteiger partial charge in [0.15, 0.2) is 6.19 Å². The molecular formula is C21H25N5O2S2. The fourth-order valence-corrected chi connectivity index (χ4v) is 6.38. The van der Waals surface area contributed by atoms with E-state index < -0.39 is 22.5 Å². The molecule has 2 aromatic heterocycles. The van der Waals surface area contributed by atoms with Crippen molar-refractivity contribution < 1.29 is 9.90 Å². The van der Waals surface area contributed by atoms with Crippen LogP contribution in [0.4, 0.5) is 10.5 Å². The van der Waals surface area contributed by atoms with Crippen LogP contribution >= 0.6 is 11.3 Å². The zero-order chi connectivity index (χ0) is 21.5. The Hall–Kier alpha value is -2.28. The zero-order valence-electron chi connectivity index (χ0n) is 17.3. The van der Waals surface area contributed by atoms with Crippen molar-refractivity contribution in [2.75, 3.05) is 5.32 Å². The van der Waals surface area contributed by atoms with Crippen molar-refractivity contribution >= 4 is 33.9 Å². The van der Waals surface area contributed by atoms with E-state index in [9.17, 15) is 9.90 Å². The minimum Gasteiger partial charge on any atom is -0.386 e. The summed E-state index contributed by atoms with van der Waals surface area (Å²) in [5.74, 6) is 0.403. The van der Waals surface area contributed by atoms with E-state index in [4.69, 9.17) is 10.2 Å². The molecule has 158 valence electrons. The number of thiophene rings is 1. The lowest BCUT2D eigenvalue weighted by Crippen LogP contribution is -2.17. The van der Waals surface area contributed by atoms with Crippen molar-refractivity contribution in [1.29, 1.82) is 5.26 Å². The molecule has 0 radical (unpaired) electrons. The van der Waals surface area contributed by atoms with E-state index in [0.29, 0.717) is 5.92 Å². The molecular weight excluding hydrogens is 418 g/mol. The first kappa shape index (κ1) is 21.0. The van der Waals surface area contributed by atoms with E-state index in [1.165, 1.54) is 11.3 Å². The maximum atomic E-state index is 12.9. The monoisotopic (exact) mass is 443 g/mol. The number of aromatic nitrogens is 1. The van der Waals surface area contributed by atoms with Gasteiger partial charge in [-0.05, 0) is 80.0 Å². The molecule has 3 N–H and O–H groups in total. The van der Waals surface area contributed by atoms with Crippen LogP contribution in [-0.4, -0.2) is 16.1 Å². The van der Waals surface area contributed by atoms with Gasteiger partial charge in [0.05, 0.1) is 26.4 Å². The number of nitriles is 1. The van der Waals surface area contributed by atoms with E-state index >= 15 is 0 Å². The lowest BCUT2D eigenvalue weighted by molar-refractivity contribution is 0.0789. The highest BCUT2D eigenvalue weighted by Gasteiger charge is 2.30. The highest BCUT2D eigenvalue weighted by Crippen LogP contribution is 2.41. The smallest absolute Gasteiger partial charge is 0.353 e. The summed E-state index contributed by atoms with van der Waals surface area (Å²) < 4.78 is 7.59. The first-order valence-electron chi connectivity index (χ1n) is 10.1. The lowest BCUT2D eigenvalue weighted by Gasteiger charge is -2.15. The quantitative estimate of drug-likeness (QED) is 0.482. The molecule has 2 aliphatic carbocycles. The number of anilines is 1. The summed E-state index contributed by atoms with van der Waals surface area (Å²) >= 11 is 1.37. The van der Waals surface area contributed by atoms with Crippen LogP contribution in [0.25, 0.3) is 0 Å². The van der Waals surface area contributed by atoms with E-state index in [-0.39, 0.29) is 0 Å². The summed E-state index contributed by atoms with van der Waals surface area (Å²) in [5, 5.41) is 24.2. The SMILES string of the molecule is CC1CCc2c1nc1c(c2NC(=O)N=S(NC#N)c2cc(C(C)(C)O)cs2)CCC1. The van der Waals surface area contributed by atoms with Gasteiger partial charge in [0.1, 0.15) is 0 Å². The molecule has 2 aromatic rings. The highest BCUT2D eigenvalue weighted by molar-refractivity contribution is 7.88. The van der Waals surface area contributed by atoms with Crippen molar-refractivity contribution in [2.45, 2.75) is 68.6 Å². The van der Waals surface area contributed by atoms with Crippen LogP contribution in [0, 0.1) is 11.5 Å². The van der Waals surface area contributed by atoms with Crippen molar-refractivity contribution in [3.8, 4) is 6.19 Å². The number of urea groups is 1. The normalized spacial score (nSPS) is 18.6. The average molecular weight is 444 g/mol. The Balaban J connectivity index is 1.65. The molecule has 4 rings (SSSR count). The van der Waals surface area contributed by atoms with Gasteiger partial charge in [-0.15, -0.1) is 15.7 Å². The number of aliphatic hydroxyl groups is 1. The van der Waals surface area contributed by atoms with Crippen LogP contribution in [0.15, 0.2) is 20.0 Å². The maximum Gasteiger partial charge on any atom is 0.353 e. The van der Waals surface area contributed by atoms with E-state index in [2.05, 4.69) is 21.3 Å². The van der Waals surface area contributed by atoms with Crippen LogP contribution < -0.4 is 10.0 Å². The molecule has 0 fully saturated rings. The number of hydrogen-bond acceptors (Lipinski definition) is 5. The number of carbonyl (C=O) groups excluding carboxylic acids is 1. The van der Waals surface area contributed by atoms with Gasteiger partial charge in [-0.2, -0.15) is 5.26 Å². The van der Waals surface area contributed by atoms with Crippen LogP contribution in [0.1, 0.15) is 67.6 Å². The summed E-state index contributed by atoms with van der Waals surface area (Å²) in [6, 6.07) is 1.32. The van der Waals surface area contributed by atoms with Gasteiger partial charge in [0, 0.05) is 11.4 Å². The zero-order valence-corrected chi connectivity index (χ0v) is 18.9. The lowest BCUT2D eigenvalue weighted by atomic mass is 10.0. The number of amides is 2. The largest absolute Gasteiger partial charge is 0.386 e. The molecule has 0 bridgehead atoms. The van der Waals surface area contributed by atoms with Crippen molar-refractivity contribution in [1.82, 2.24) is 9.71 Å². The van der Waals surface area contributed by atoms with Crippen LogP contribution in [0.3, 0.4) is 0 Å². The Morgan fingerprint density at radius 2 is 2.20 bits per heavy atom. The Kier molecular flexibility index (Phi) is 5.66. The number of nitrogens with one attached hydrogen (secondary N) is 2. The molecule has 2 atom stereocenters. The standard InChI is InChI=1S/C21H25N5O2S2/c1-12-7-8-15-18(12)24-16-6-4-5-14(16)19(15)25-20(27)26-30(23-11-22)17-9-13(10-29-17)21(2,3)28/h9-10,12,28H,4-8H2,1-3H3,(H2,23,24,25,26,27). The molecule has 30 heavy (non-hydrogen) atoms. The van der Waals surface area contributed by atoms with Gasteiger partial charge >= 0.3 is 6.03 Å². The Bertz CT molecular complexity index is 1080. The average Bonchev–Trinajstić information content (AvgIpc) is 3.41. The molecule has 7 nitrogen and oxygen atoms in total. The van der Waals surface area contributed by atoms with Gasteiger partial charge in [0.2, 0.25) is 0 Å². The summed E-state index contributed by atoms with van der Waals surface area (Å²) in [5.41, 5.74) is 5.10. The molecule has 0 aromatic carbocycles. The van der Waals surface area contributed by atoms with E-state index in [1.807, 2.05) is 11.6 Å². The van der Waals surface area contributed by atoms with Gasteiger partial charge in [-0.1, -0.05) is 6.92 Å². The molecule has 0 saturated carbocycles. The topological polar surface area (TPSA) is 110 Å². The molecule has 0 saturated heterocycles. The summed E-state index contributed by atoms with van der Waals surface area (Å²) in [4.78, 5) is 17.8. The van der Waals surface area contributed by atoms with Gasteiger partial charge in [-0.25, -0.2) is 4.79 Å². The molecule has 2 aliphatic rings. The maximum absolute atomic E-state index is 12.9. The predicted octanol–water partition coefficient (Wildman–Crippen LogP) is 4.29. The Labute approximate surface area is 182 Å². The number of aryl methyl sites for hydroxylation is 1. The highest BCUT2D eigenvalue weighted by atomic mass is 32.2. The number of nitrogens with zero attached hydrogens (tertiary/aromatic N) is 3. The number of pyridine rings is 1. The minimum absolute atomic E-state index is 0.403. The van der Waals surface area contributed by atoms with Crippen molar-refractivity contribution in [2.24, 2.45) is 4.36 Å². The van der Waals surface area contributed by atoms with Gasteiger partial charge in [-0.3, -0.25) is 9.71 Å². The van der Waals surface area contributed by atoms with Crippen LogP contribution in [0.5, 0.6) is 0 Å². The van der Waals surface area contributed by atoms with Gasteiger partial charge < -0.3 is 10.4 Å². The predicted molar refractivity (Wildman–Crippen MR) is 118 cm³/mol. The third kappa shape index (κ3) is 4.00. The number of rotatable bonds is 4. The minimum atomic E-state index is -1.12. The van der Waals surface area contributed by atoms with Crippen molar-refractivity contribution in [3.63, 3.8) is 0 Å². The summed E-state index contributed by atoms with van der Waals surface area (Å²) in [6.07, 6.45) is 6.77. The summed E-state index contributed by atoms with van der Waals surface area (Å²) in [7, 11) is -1.12. The van der Waals surface area contributed by atoms with E-state index in [0.717, 1.165) is 70.1 Å². The van der Waals surface area contributed by atoms with Crippen LogP contribution in [-0.2, 0) is 35.7 Å². The molecule has 0 spiro atoms. The molecule has 2 amide bonds. The first-order valence-corrected chi connectivity index (χ1v) is 12.1. The Morgan fingerprint density at radius 3 is 2.90 bits per heavy atom. The second-order valence-corrected chi connectivity index (χ2v) is 10.9. The van der Waals surface area contributed by atoms with Gasteiger partial charge in [0.25, 0.3) is 0 Å². The fourth-order valence-electron chi connectivity index (χ4n) is 4.07. The second kappa shape index (κ2) is 8.10. The van der Waals surface area contributed by atoms with Crippen LogP contribution in [0.2, 0.25) is 0 Å². The number of carbonyl (C=O) groups is 1.